The topological polar surface area (TPSA) is 70.6 Å². The number of aryl methyl sites for hydroxylation is 1. The normalized spacial score (nSPS) is 21.4. The maximum Gasteiger partial charge on any atom is 0.257 e. The van der Waals surface area contributed by atoms with Gasteiger partial charge in [-0.1, -0.05) is 6.92 Å². The fourth-order valence-corrected chi connectivity index (χ4v) is 5.01. The van der Waals surface area contributed by atoms with E-state index in [4.69, 9.17) is 9.72 Å². The van der Waals surface area contributed by atoms with E-state index in [2.05, 4.69) is 28.2 Å². The van der Waals surface area contributed by atoms with Gasteiger partial charge in [0, 0.05) is 50.4 Å². The third-order valence-electron chi connectivity index (χ3n) is 6.83. The van der Waals surface area contributed by atoms with E-state index in [1.807, 2.05) is 37.1 Å². The number of benzene rings is 1. The summed E-state index contributed by atoms with van der Waals surface area (Å²) in [6.07, 6.45) is 5.61. The van der Waals surface area contributed by atoms with Crippen LogP contribution in [0.3, 0.4) is 0 Å². The Labute approximate surface area is 191 Å². The second-order valence-electron chi connectivity index (χ2n) is 9.26. The first-order valence-corrected chi connectivity index (χ1v) is 11.7. The van der Waals surface area contributed by atoms with E-state index in [0.717, 1.165) is 55.5 Å². The quantitative estimate of drug-likeness (QED) is 0.762. The number of nitrogens with zero attached hydrogens (tertiary/aromatic N) is 4. The van der Waals surface area contributed by atoms with E-state index in [1.165, 1.54) is 19.3 Å². The summed E-state index contributed by atoms with van der Waals surface area (Å²) in [5.74, 6) is 2.23. The second-order valence-corrected chi connectivity index (χ2v) is 9.26. The number of amides is 1. The van der Waals surface area contributed by atoms with Gasteiger partial charge in [-0.3, -0.25) is 4.79 Å². The molecular weight excluding hydrogens is 402 g/mol. The molecule has 7 nitrogen and oxygen atoms in total. The zero-order chi connectivity index (χ0) is 22.7. The summed E-state index contributed by atoms with van der Waals surface area (Å²) in [4.78, 5) is 27.2. The number of nitrogens with one attached hydrogen (secondary N) is 1. The number of aromatic nitrogens is 2. The zero-order valence-electron chi connectivity index (χ0n) is 19.8. The van der Waals surface area contributed by atoms with Crippen molar-refractivity contribution in [3.05, 3.63) is 41.3 Å². The van der Waals surface area contributed by atoms with E-state index < -0.39 is 0 Å². The summed E-state index contributed by atoms with van der Waals surface area (Å²) in [5, 5.41) is 3.12. The Morgan fingerprint density at radius 3 is 2.59 bits per heavy atom. The average molecular weight is 438 g/mol. The smallest absolute Gasteiger partial charge is 0.257 e. The summed E-state index contributed by atoms with van der Waals surface area (Å²) in [6.45, 7) is 7.58. The van der Waals surface area contributed by atoms with Gasteiger partial charge in [0.1, 0.15) is 17.4 Å². The van der Waals surface area contributed by atoms with Crippen molar-refractivity contribution in [3.63, 3.8) is 0 Å². The molecule has 1 aromatic heterocycles. The Balaban J connectivity index is 1.61. The molecule has 2 saturated heterocycles. The molecule has 1 aromatic carbocycles. The summed E-state index contributed by atoms with van der Waals surface area (Å²) >= 11 is 0. The van der Waals surface area contributed by atoms with Crippen LogP contribution in [0, 0.1) is 6.92 Å². The Morgan fingerprint density at radius 1 is 1.09 bits per heavy atom. The number of hydrogen-bond acceptors (Lipinski definition) is 6. The van der Waals surface area contributed by atoms with Crippen LogP contribution in [-0.4, -0.2) is 61.1 Å². The molecular formula is C25H35N5O2. The molecule has 0 bridgehead atoms. The summed E-state index contributed by atoms with van der Waals surface area (Å²) < 4.78 is 5.59. The van der Waals surface area contributed by atoms with Crippen LogP contribution in [0.2, 0.25) is 0 Å². The van der Waals surface area contributed by atoms with Crippen molar-refractivity contribution in [2.24, 2.45) is 0 Å². The minimum Gasteiger partial charge on any atom is -0.496 e. The van der Waals surface area contributed by atoms with Gasteiger partial charge in [-0.2, -0.15) is 0 Å². The average Bonchev–Trinajstić information content (AvgIpc) is 2.83. The van der Waals surface area contributed by atoms with Gasteiger partial charge in [-0.25, -0.2) is 9.97 Å². The first-order valence-electron chi connectivity index (χ1n) is 11.7. The number of carbonyl (C=O) groups is 1. The number of likely N-dealkylation sites (tertiary alicyclic amines) is 1. The number of piperidine rings is 2. The highest BCUT2D eigenvalue weighted by Gasteiger charge is 2.37. The first-order chi connectivity index (χ1) is 15.4. The molecule has 2 fully saturated rings. The Bertz CT molecular complexity index is 973. The van der Waals surface area contributed by atoms with Crippen molar-refractivity contribution in [2.75, 3.05) is 50.6 Å². The van der Waals surface area contributed by atoms with Gasteiger partial charge in [0.25, 0.3) is 5.91 Å². The minimum absolute atomic E-state index is 0.0336. The van der Waals surface area contributed by atoms with Gasteiger partial charge in [0.2, 0.25) is 0 Å². The van der Waals surface area contributed by atoms with Crippen LogP contribution >= 0.6 is 0 Å². The van der Waals surface area contributed by atoms with Crippen LogP contribution in [-0.2, 0) is 5.41 Å². The van der Waals surface area contributed by atoms with Crippen molar-refractivity contribution in [1.29, 1.82) is 0 Å². The zero-order valence-corrected chi connectivity index (χ0v) is 19.8. The van der Waals surface area contributed by atoms with Gasteiger partial charge < -0.3 is 19.9 Å². The maximum atomic E-state index is 13.7. The SMILES string of the molecule is CNc1cc(C2(C)CCCN(C(=O)c3cc(N4CCCCC4)ccc3OC)C2)nc(C)n1. The number of carbonyl (C=O) groups excluding carboxylic acids is 1. The van der Waals surface area contributed by atoms with Crippen LogP contribution in [0.1, 0.15) is 60.9 Å². The molecule has 32 heavy (non-hydrogen) atoms. The fraction of sp³-hybridized carbons (Fsp3) is 0.560. The number of ether oxygens (including phenoxy) is 1. The lowest BCUT2D eigenvalue weighted by molar-refractivity contribution is 0.0644. The molecule has 4 rings (SSSR count). The molecule has 0 saturated carbocycles. The Hall–Kier alpha value is -2.83. The van der Waals surface area contributed by atoms with E-state index >= 15 is 0 Å². The molecule has 0 aliphatic carbocycles. The van der Waals surface area contributed by atoms with Crippen molar-refractivity contribution < 1.29 is 9.53 Å². The molecule has 7 heteroatoms. The molecule has 1 amide bonds. The lowest BCUT2D eigenvalue weighted by atomic mass is 9.78. The predicted octanol–water partition coefficient (Wildman–Crippen LogP) is 4.02. The highest BCUT2D eigenvalue weighted by molar-refractivity contribution is 5.98. The molecule has 2 aliphatic heterocycles. The molecule has 1 atom stereocenters. The summed E-state index contributed by atoms with van der Waals surface area (Å²) in [6, 6.07) is 8.04. The first kappa shape index (κ1) is 22.4. The van der Waals surface area contributed by atoms with Crippen molar-refractivity contribution >= 4 is 17.4 Å². The van der Waals surface area contributed by atoms with E-state index in [9.17, 15) is 4.79 Å². The lowest BCUT2D eigenvalue weighted by Gasteiger charge is -2.40. The largest absolute Gasteiger partial charge is 0.496 e. The molecule has 0 spiro atoms. The number of rotatable bonds is 5. The predicted molar refractivity (Wildman–Crippen MR) is 128 cm³/mol. The minimum atomic E-state index is -0.217. The Morgan fingerprint density at radius 2 is 1.88 bits per heavy atom. The van der Waals surface area contributed by atoms with Gasteiger partial charge in [-0.15, -0.1) is 0 Å². The van der Waals surface area contributed by atoms with Crippen molar-refractivity contribution in [1.82, 2.24) is 14.9 Å². The molecule has 0 radical (unpaired) electrons. The fourth-order valence-electron chi connectivity index (χ4n) is 5.01. The molecule has 2 aliphatic rings. The highest BCUT2D eigenvalue weighted by Crippen LogP contribution is 2.35. The molecule has 1 N–H and O–H groups in total. The maximum absolute atomic E-state index is 13.7. The van der Waals surface area contributed by atoms with E-state index in [-0.39, 0.29) is 11.3 Å². The van der Waals surface area contributed by atoms with Crippen molar-refractivity contribution in [3.8, 4) is 5.75 Å². The monoisotopic (exact) mass is 437 g/mol. The second kappa shape index (κ2) is 9.35. The van der Waals surface area contributed by atoms with Crippen LogP contribution in [0.25, 0.3) is 0 Å². The van der Waals surface area contributed by atoms with E-state index in [1.54, 1.807) is 7.11 Å². The van der Waals surface area contributed by atoms with Crippen LogP contribution in [0.15, 0.2) is 24.3 Å². The molecule has 2 aromatic rings. The van der Waals surface area contributed by atoms with Gasteiger partial charge >= 0.3 is 0 Å². The third-order valence-corrected chi connectivity index (χ3v) is 6.83. The number of anilines is 2. The van der Waals surface area contributed by atoms with Gasteiger partial charge in [0.05, 0.1) is 18.4 Å². The molecule has 3 heterocycles. The summed E-state index contributed by atoms with van der Waals surface area (Å²) in [5.41, 5.74) is 2.53. The number of methoxy groups -OCH3 is 1. The number of hydrogen-bond donors (Lipinski definition) is 1. The summed E-state index contributed by atoms with van der Waals surface area (Å²) in [7, 11) is 3.50. The van der Waals surface area contributed by atoms with E-state index in [0.29, 0.717) is 17.9 Å². The third kappa shape index (κ3) is 4.52. The standard InChI is InChI=1S/C25H35N5O2/c1-18-27-22(16-23(26-3)28-18)25(2)11-8-14-30(17-25)24(31)20-15-19(9-10-21(20)32-4)29-12-6-5-7-13-29/h9-10,15-16H,5-8,11-14,17H2,1-4H3,(H,26,27,28). The van der Waals surface area contributed by atoms with Crippen LogP contribution in [0.5, 0.6) is 5.75 Å². The highest BCUT2D eigenvalue weighted by atomic mass is 16.5. The lowest BCUT2D eigenvalue weighted by Crippen LogP contribution is -2.47. The van der Waals surface area contributed by atoms with Crippen LogP contribution in [0.4, 0.5) is 11.5 Å². The molecule has 1 unspecified atom stereocenters. The molecule has 172 valence electrons. The van der Waals surface area contributed by atoms with Crippen LogP contribution < -0.4 is 15.0 Å². The van der Waals surface area contributed by atoms with Gasteiger partial charge in [0.15, 0.2) is 0 Å². The van der Waals surface area contributed by atoms with Crippen molar-refractivity contribution in [2.45, 2.75) is 51.4 Å². The Kier molecular flexibility index (Phi) is 6.53. The van der Waals surface area contributed by atoms with Gasteiger partial charge in [-0.05, 0) is 57.2 Å².